The van der Waals surface area contributed by atoms with E-state index in [2.05, 4.69) is 61.8 Å². The first-order valence-electron chi connectivity index (χ1n) is 6.13. The van der Waals surface area contributed by atoms with Gasteiger partial charge < -0.3 is 0 Å². The molecule has 3 rings (SSSR count). The van der Waals surface area contributed by atoms with Crippen molar-refractivity contribution in [2.24, 2.45) is 7.05 Å². The average molecular weight is 257 g/mol. The van der Waals surface area contributed by atoms with E-state index < -0.39 is 0 Å². The number of fused-ring (bicyclic) bond motifs is 3. The van der Waals surface area contributed by atoms with Gasteiger partial charge in [-0.15, -0.1) is 11.3 Å². The maximum atomic E-state index is 4.52. The lowest BCUT2D eigenvalue weighted by Crippen LogP contribution is -2.31. The molecular formula is C15H17N2S+. The number of thiazole rings is 1. The van der Waals surface area contributed by atoms with Crippen molar-refractivity contribution in [1.82, 2.24) is 4.98 Å². The third kappa shape index (κ3) is 1.70. The fraction of sp³-hybridized carbons (Fsp3) is 0.333. The molecule has 2 heterocycles. The molecule has 0 atom stereocenters. The second-order valence-corrected chi connectivity index (χ2v) is 6.67. The fourth-order valence-corrected chi connectivity index (χ4v) is 2.97. The molecule has 0 saturated carbocycles. The summed E-state index contributed by atoms with van der Waals surface area (Å²) in [6.45, 7) is 6.74. The van der Waals surface area contributed by atoms with Crippen molar-refractivity contribution in [2.45, 2.75) is 26.2 Å². The molecule has 0 bridgehead atoms. The van der Waals surface area contributed by atoms with E-state index in [1.165, 1.54) is 21.2 Å². The molecule has 0 aliphatic carbocycles. The van der Waals surface area contributed by atoms with Crippen molar-refractivity contribution in [3.63, 3.8) is 0 Å². The Morgan fingerprint density at radius 3 is 2.72 bits per heavy atom. The second kappa shape index (κ2) is 3.75. The number of pyridine rings is 1. The molecule has 0 aliphatic heterocycles. The third-order valence-corrected chi connectivity index (χ3v) is 4.19. The zero-order valence-corrected chi connectivity index (χ0v) is 12.0. The number of benzene rings is 1. The number of aryl methyl sites for hydroxylation is 1. The predicted molar refractivity (Wildman–Crippen MR) is 77.0 cm³/mol. The molecule has 0 spiro atoms. The number of rotatable bonds is 0. The Labute approximate surface area is 111 Å². The molecule has 2 nitrogen and oxygen atoms in total. The van der Waals surface area contributed by atoms with Crippen LogP contribution in [-0.2, 0) is 12.5 Å². The van der Waals surface area contributed by atoms with Gasteiger partial charge in [-0.3, -0.25) is 0 Å². The lowest BCUT2D eigenvalue weighted by molar-refractivity contribution is -0.645. The Hall–Kier alpha value is -1.48. The highest BCUT2D eigenvalue weighted by molar-refractivity contribution is 7.16. The summed E-state index contributed by atoms with van der Waals surface area (Å²) in [6.07, 6.45) is 2.22. The van der Waals surface area contributed by atoms with Crippen LogP contribution in [0.5, 0.6) is 0 Å². The van der Waals surface area contributed by atoms with E-state index in [0.717, 1.165) is 5.52 Å². The van der Waals surface area contributed by atoms with Crippen molar-refractivity contribution in [1.29, 1.82) is 0 Å². The second-order valence-electron chi connectivity index (χ2n) is 5.79. The van der Waals surface area contributed by atoms with Crippen LogP contribution in [0.3, 0.4) is 0 Å². The zero-order valence-electron chi connectivity index (χ0n) is 11.2. The molecule has 1 aromatic carbocycles. The largest absolute Gasteiger partial charge is 0.244 e. The van der Waals surface area contributed by atoms with Crippen LogP contribution in [0.2, 0.25) is 0 Å². The Bertz CT molecular complexity index is 735. The summed E-state index contributed by atoms with van der Waals surface area (Å²) >= 11 is 1.70. The molecule has 0 saturated heterocycles. The quantitative estimate of drug-likeness (QED) is 0.563. The summed E-state index contributed by atoms with van der Waals surface area (Å²) in [5.74, 6) is 0. The normalized spacial score (nSPS) is 12.4. The van der Waals surface area contributed by atoms with E-state index in [9.17, 15) is 0 Å². The molecule has 0 N–H and O–H groups in total. The van der Waals surface area contributed by atoms with Crippen LogP contribution in [0.4, 0.5) is 0 Å². The summed E-state index contributed by atoms with van der Waals surface area (Å²) in [5, 5.41) is 1.25. The number of aromatic nitrogens is 2. The highest BCUT2D eigenvalue weighted by Crippen LogP contribution is 2.29. The first kappa shape index (κ1) is 11.6. The van der Waals surface area contributed by atoms with Gasteiger partial charge in [-0.2, -0.15) is 0 Å². The molecule has 3 aromatic rings. The Morgan fingerprint density at radius 1 is 1.22 bits per heavy atom. The van der Waals surface area contributed by atoms with Crippen LogP contribution < -0.4 is 4.57 Å². The van der Waals surface area contributed by atoms with Gasteiger partial charge in [-0.25, -0.2) is 9.55 Å². The van der Waals surface area contributed by atoms with E-state index in [4.69, 9.17) is 0 Å². The Morgan fingerprint density at radius 2 is 2.00 bits per heavy atom. The molecule has 2 aromatic heterocycles. The van der Waals surface area contributed by atoms with Crippen LogP contribution in [0.15, 0.2) is 29.9 Å². The van der Waals surface area contributed by atoms with Crippen molar-refractivity contribution < 1.29 is 4.57 Å². The van der Waals surface area contributed by atoms with Crippen LogP contribution in [-0.4, -0.2) is 4.98 Å². The number of hydrogen-bond acceptors (Lipinski definition) is 2. The average Bonchev–Trinajstić information content (AvgIpc) is 2.75. The molecule has 0 unspecified atom stereocenters. The van der Waals surface area contributed by atoms with Gasteiger partial charge in [0.25, 0.3) is 0 Å². The first-order chi connectivity index (χ1) is 8.47. The van der Waals surface area contributed by atoms with Gasteiger partial charge in [0.15, 0.2) is 6.20 Å². The summed E-state index contributed by atoms with van der Waals surface area (Å²) in [5.41, 5.74) is 5.79. The molecule has 3 heteroatoms. The summed E-state index contributed by atoms with van der Waals surface area (Å²) in [6, 6.07) is 6.63. The van der Waals surface area contributed by atoms with Crippen LogP contribution in [0.25, 0.3) is 21.1 Å². The highest BCUT2D eigenvalue weighted by atomic mass is 32.1. The predicted octanol–water partition coefficient (Wildman–Crippen LogP) is 3.57. The van der Waals surface area contributed by atoms with Crippen molar-refractivity contribution in [3.05, 3.63) is 35.5 Å². The van der Waals surface area contributed by atoms with Gasteiger partial charge in [-0.05, 0) is 17.5 Å². The minimum Gasteiger partial charge on any atom is -0.244 e. The van der Waals surface area contributed by atoms with Gasteiger partial charge in [0, 0.05) is 11.6 Å². The third-order valence-electron chi connectivity index (χ3n) is 3.40. The van der Waals surface area contributed by atoms with Gasteiger partial charge in [0.2, 0.25) is 5.52 Å². The summed E-state index contributed by atoms with van der Waals surface area (Å²) in [7, 11) is 2.11. The fourth-order valence-electron chi connectivity index (χ4n) is 2.27. The Balaban J connectivity index is 2.46. The Kier molecular flexibility index (Phi) is 2.42. The monoisotopic (exact) mass is 257 g/mol. The maximum absolute atomic E-state index is 4.52. The molecule has 18 heavy (non-hydrogen) atoms. The summed E-state index contributed by atoms with van der Waals surface area (Å²) < 4.78 is 3.46. The highest BCUT2D eigenvalue weighted by Gasteiger charge is 2.20. The van der Waals surface area contributed by atoms with Gasteiger partial charge in [0.1, 0.15) is 7.05 Å². The van der Waals surface area contributed by atoms with Gasteiger partial charge in [0.05, 0.1) is 21.1 Å². The SMILES string of the molecule is C[n+]1cc(C(C)(C)C)cc2c3ncsc3ccc21. The molecule has 0 radical (unpaired) electrons. The van der Waals surface area contributed by atoms with E-state index >= 15 is 0 Å². The van der Waals surface area contributed by atoms with Gasteiger partial charge in [-0.1, -0.05) is 20.8 Å². The standard InChI is InChI=1S/C15H17N2S/c1-15(2,3)10-7-11-12(17(4)8-10)5-6-13-14(11)16-9-18-13/h5-9H,1-4H3/q+1. The van der Waals surface area contributed by atoms with E-state index in [-0.39, 0.29) is 5.41 Å². The van der Waals surface area contributed by atoms with Crippen molar-refractivity contribution in [2.75, 3.05) is 0 Å². The first-order valence-corrected chi connectivity index (χ1v) is 7.01. The van der Waals surface area contributed by atoms with Crippen LogP contribution in [0, 0.1) is 0 Å². The minimum absolute atomic E-state index is 0.157. The molecule has 0 aliphatic rings. The van der Waals surface area contributed by atoms with Crippen molar-refractivity contribution >= 4 is 32.5 Å². The van der Waals surface area contributed by atoms with E-state index in [0.29, 0.717) is 0 Å². The molecule has 92 valence electrons. The smallest absolute Gasteiger partial charge is 0.214 e. The maximum Gasteiger partial charge on any atom is 0.214 e. The minimum atomic E-state index is 0.157. The topological polar surface area (TPSA) is 16.8 Å². The zero-order chi connectivity index (χ0) is 12.9. The van der Waals surface area contributed by atoms with E-state index in [1.807, 2.05) is 5.51 Å². The van der Waals surface area contributed by atoms with Crippen LogP contribution in [0.1, 0.15) is 26.3 Å². The summed E-state index contributed by atoms with van der Waals surface area (Å²) in [4.78, 5) is 4.52. The molecular weight excluding hydrogens is 240 g/mol. The lowest BCUT2D eigenvalue weighted by atomic mass is 9.87. The number of nitrogens with zero attached hydrogens (tertiary/aromatic N) is 2. The van der Waals surface area contributed by atoms with Gasteiger partial charge >= 0.3 is 0 Å². The molecule has 0 amide bonds. The van der Waals surface area contributed by atoms with E-state index in [1.54, 1.807) is 11.3 Å². The van der Waals surface area contributed by atoms with Crippen LogP contribution >= 0.6 is 11.3 Å². The number of hydrogen-bond donors (Lipinski definition) is 0. The molecule has 0 fully saturated rings. The van der Waals surface area contributed by atoms with Crippen molar-refractivity contribution in [3.8, 4) is 0 Å². The lowest BCUT2D eigenvalue weighted by Gasteiger charge is -2.17.